The zero-order valence-corrected chi connectivity index (χ0v) is 22.7. The summed E-state index contributed by atoms with van der Waals surface area (Å²) in [6.45, 7) is 3.90. The van der Waals surface area contributed by atoms with Gasteiger partial charge in [0.2, 0.25) is 5.91 Å². The third-order valence-corrected chi connectivity index (χ3v) is 8.46. The molecular weight excluding hydrogens is 489 g/mol. The molecule has 1 amide bonds. The smallest absolute Gasteiger partial charge is 0.221 e. The van der Waals surface area contributed by atoms with Crippen LogP contribution in [0.15, 0.2) is 36.4 Å². The van der Waals surface area contributed by atoms with Gasteiger partial charge in [0.1, 0.15) is 29.7 Å². The highest BCUT2D eigenvalue weighted by Gasteiger charge is 2.46. The summed E-state index contributed by atoms with van der Waals surface area (Å²) in [5.74, 6) is 1.25. The van der Waals surface area contributed by atoms with Crippen LogP contribution in [0.4, 0.5) is 4.39 Å². The van der Waals surface area contributed by atoms with E-state index < -0.39 is 5.66 Å². The van der Waals surface area contributed by atoms with Crippen LogP contribution in [0.5, 0.6) is 5.75 Å². The highest BCUT2D eigenvalue weighted by molar-refractivity contribution is 6.30. The number of rotatable bonds is 6. The topological polar surface area (TPSA) is 47.4 Å². The summed E-state index contributed by atoms with van der Waals surface area (Å²) in [5.41, 5.74) is 1.85. The number of fused-ring (bicyclic) bond motifs is 1. The van der Waals surface area contributed by atoms with Crippen molar-refractivity contribution >= 4 is 28.5 Å². The van der Waals surface area contributed by atoms with Crippen molar-refractivity contribution in [3.63, 3.8) is 0 Å². The molecule has 0 atom stereocenters. The lowest BCUT2D eigenvalue weighted by atomic mass is 9.88. The Labute approximate surface area is 224 Å². The Kier molecular flexibility index (Phi) is 7.75. The molecule has 7 heteroatoms. The molecule has 5 nitrogen and oxygen atoms in total. The van der Waals surface area contributed by atoms with E-state index in [-0.39, 0.29) is 24.4 Å². The van der Waals surface area contributed by atoms with Crippen molar-refractivity contribution < 1.29 is 13.9 Å². The maximum Gasteiger partial charge on any atom is 0.221 e. The lowest BCUT2D eigenvalue weighted by Gasteiger charge is -2.50. The Morgan fingerprint density at radius 1 is 1.08 bits per heavy atom. The van der Waals surface area contributed by atoms with Crippen molar-refractivity contribution in [1.29, 1.82) is 0 Å². The minimum absolute atomic E-state index is 0.109. The monoisotopic (exact) mass is 525 g/mol. The van der Waals surface area contributed by atoms with E-state index in [1.54, 1.807) is 6.92 Å². The summed E-state index contributed by atoms with van der Waals surface area (Å²) in [6.07, 6.45) is 11.7. The molecule has 0 unspecified atom stereocenters. The Balaban J connectivity index is 1.66. The van der Waals surface area contributed by atoms with E-state index in [2.05, 4.69) is 9.47 Å². The fourth-order valence-electron chi connectivity index (χ4n) is 6.68. The van der Waals surface area contributed by atoms with E-state index in [9.17, 15) is 9.18 Å². The number of imidazole rings is 1. The number of benzene rings is 2. The van der Waals surface area contributed by atoms with Gasteiger partial charge in [-0.15, -0.1) is 0 Å². The average Bonchev–Trinajstić information content (AvgIpc) is 3.05. The fraction of sp³-hybridized carbons (Fsp3) is 0.533. The molecule has 198 valence electrons. The highest BCUT2D eigenvalue weighted by atomic mass is 35.5. The maximum absolute atomic E-state index is 14.3. The summed E-state index contributed by atoms with van der Waals surface area (Å²) in [6, 6.07) is 10.6. The van der Waals surface area contributed by atoms with Gasteiger partial charge in [0.25, 0.3) is 0 Å². The van der Waals surface area contributed by atoms with Crippen LogP contribution in [-0.4, -0.2) is 26.4 Å². The van der Waals surface area contributed by atoms with Crippen LogP contribution in [0, 0.1) is 12.7 Å². The first-order chi connectivity index (χ1) is 17.9. The van der Waals surface area contributed by atoms with Gasteiger partial charge in [-0.1, -0.05) is 43.7 Å². The fourth-order valence-corrected chi connectivity index (χ4v) is 6.90. The summed E-state index contributed by atoms with van der Waals surface area (Å²) >= 11 is 6.16. The van der Waals surface area contributed by atoms with Crippen LogP contribution in [0.2, 0.25) is 5.02 Å². The molecule has 1 heterocycles. The third kappa shape index (κ3) is 5.22. The molecule has 2 aliphatic rings. The van der Waals surface area contributed by atoms with Crippen LogP contribution >= 0.6 is 11.6 Å². The number of aryl methyl sites for hydroxylation is 1. The first-order valence-electron chi connectivity index (χ1n) is 13.8. The molecule has 2 aromatic carbocycles. The Hall–Kier alpha value is -2.60. The van der Waals surface area contributed by atoms with Gasteiger partial charge in [-0.05, 0) is 81.3 Å². The second-order valence-corrected chi connectivity index (χ2v) is 11.2. The number of hydrogen-bond donors (Lipinski definition) is 0. The van der Waals surface area contributed by atoms with Crippen LogP contribution in [0.25, 0.3) is 11.0 Å². The summed E-state index contributed by atoms with van der Waals surface area (Å²) in [5, 5.41) is 0.662. The third-order valence-electron chi connectivity index (χ3n) is 8.23. The van der Waals surface area contributed by atoms with E-state index in [1.165, 1.54) is 18.6 Å². The number of hydrogen-bond acceptors (Lipinski definition) is 3. The van der Waals surface area contributed by atoms with Crippen LogP contribution < -0.4 is 4.74 Å². The average molecular weight is 526 g/mol. The molecule has 2 fully saturated rings. The zero-order chi connectivity index (χ0) is 26.0. The molecular formula is C30H37ClFN3O2. The van der Waals surface area contributed by atoms with Crippen molar-refractivity contribution in [3.05, 3.63) is 58.6 Å². The van der Waals surface area contributed by atoms with E-state index in [1.807, 2.05) is 31.2 Å². The first-order valence-corrected chi connectivity index (χ1v) is 14.1. The highest BCUT2D eigenvalue weighted by Crippen LogP contribution is 2.44. The number of nitrogens with zero attached hydrogens (tertiary/aromatic N) is 3. The summed E-state index contributed by atoms with van der Waals surface area (Å²) < 4.78 is 22.9. The Morgan fingerprint density at radius 2 is 1.78 bits per heavy atom. The lowest BCUT2D eigenvalue weighted by Crippen LogP contribution is -2.57. The van der Waals surface area contributed by atoms with Gasteiger partial charge in [-0.3, -0.25) is 4.79 Å². The Morgan fingerprint density at radius 3 is 2.46 bits per heavy atom. The van der Waals surface area contributed by atoms with Crippen LogP contribution in [0.1, 0.15) is 88.9 Å². The van der Waals surface area contributed by atoms with E-state index in [0.29, 0.717) is 10.5 Å². The predicted octanol–water partition coefficient (Wildman–Crippen LogP) is 7.90. The van der Waals surface area contributed by atoms with E-state index in [0.717, 1.165) is 86.9 Å². The quantitative estimate of drug-likeness (QED) is 0.307. The van der Waals surface area contributed by atoms with Gasteiger partial charge in [0.05, 0.1) is 11.0 Å². The number of ether oxygens (including phenoxy) is 1. The number of aromatic nitrogens is 2. The Bertz CT molecular complexity index is 1260. The second kappa shape index (κ2) is 11.0. The van der Waals surface area contributed by atoms with Gasteiger partial charge < -0.3 is 14.2 Å². The minimum atomic E-state index is -0.551. The number of amides is 1. The first kappa shape index (κ1) is 26.0. The molecule has 37 heavy (non-hydrogen) atoms. The van der Waals surface area contributed by atoms with Gasteiger partial charge in [0, 0.05) is 24.1 Å². The van der Waals surface area contributed by atoms with E-state index >= 15 is 0 Å². The number of carbonyl (C=O) groups is 1. The van der Waals surface area contributed by atoms with Gasteiger partial charge >= 0.3 is 0 Å². The molecule has 0 bridgehead atoms. The molecule has 2 saturated carbocycles. The molecule has 0 aliphatic heterocycles. The zero-order valence-electron chi connectivity index (χ0n) is 21.9. The predicted molar refractivity (Wildman–Crippen MR) is 145 cm³/mol. The molecule has 5 rings (SSSR count). The second-order valence-electron chi connectivity index (χ2n) is 10.8. The van der Waals surface area contributed by atoms with Crippen LogP contribution in [-0.2, 0) is 17.1 Å². The van der Waals surface area contributed by atoms with Crippen molar-refractivity contribution in [2.75, 3.05) is 0 Å². The van der Waals surface area contributed by atoms with Crippen molar-refractivity contribution in [1.82, 2.24) is 14.5 Å². The van der Waals surface area contributed by atoms with Crippen molar-refractivity contribution in [2.24, 2.45) is 0 Å². The molecule has 2 aliphatic carbocycles. The van der Waals surface area contributed by atoms with E-state index in [4.69, 9.17) is 21.3 Å². The van der Waals surface area contributed by atoms with Gasteiger partial charge in [0.15, 0.2) is 0 Å². The maximum atomic E-state index is 14.3. The largest absolute Gasteiger partial charge is 0.485 e. The van der Waals surface area contributed by atoms with Crippen molar-refractivity contribution in [3.8, 4) is 5.75 Å². The molecule has 0 radical (unpaired) electrons. The molecule has 0 saturated heterocycles. The lowest BCUT2D eigenvalue weighted by molar-refractivity contribution is -0.148. The summed E-state index contributed by atoms with van der Waals surface area (Å²) in [7, 11) is 0. The van der Waals surface area contributed by atoms with Gasteiger partial charge in [-0.2, -0.15) is 0 Å². The molecule has 0 spiro atoms. The van der Waals surface area contributed by atoms with Gasteiger partial charge in [-0.25, -0.2) is 9.37 Å². The molecule has 0 N–H and O–H groups in total. The number of carbonyl (C=O) groups excluding carboxylic acids is 1. The molecule has 1 aromatic heterocycles. The standard InChI is InChI=1S/C30H37ClFN3O2/c1-21-18-23(31)12-15-28(21)37-20-29-33-26-19-24(32)13-14-27(26)35(29)30(16-8-3-4-9-17-30)34(22(2)36)25-10-6-5-7-11-25/h12-15,18-19,25H,3-11,16-17,20H2,1-2H3. The normalized spacial score (nSPS) is 18.5. The minimum Gasteiger partial charge on any atom is -0.485 e. The molecule has 3 aromatic rings. The summed E-state index contributed by atoms with van der Waals surface area (Å²) in [4.78, 5) is 20.6. The van der Waals surface area contributed by atoms with Crippen LogP contribution in [0.3, 0.4) is 0 Å². The van der Waals surface area contributed by atoms with Crippen molar-refractivity contribution in [2.45, 2.75) is 103 Å². The SMILES string of the molecule is CC(=O)N(C1CCCCC1)C1(n2c(COc3ccc(Cl)cc3C)nc3cc(F)ccc32)CCCCCC1. The number of halogens is 2.